The van der Waals surface area contributed by atoms with Crippen molar-refractivity contribution in [2.75, 3.05) is 31.3 Å². The third-order valence-corrected chi connectivity index (χ3v) is 1.54. The second kappa shape index (κ2) is 4.72. The smallest absolute Gasteiger partial charge is 0.318 e. The number of anilines is 2. The monoisotopic (exact) mass is 218 g/mol. The molecule has 0 saturated heterocycles. The maximum absolute atomic E-state index is 11.8. The summed E-state index contributed by atoms with van der Waals surface area (Å²) in [6, 6.07) is -0.104. The number of nitrogens with zero attached hydrogens (tertiary/aromatic N) is 3. The van der Waals surface area contributed by atoms with E-state index in [9.17, 15) is 8.78 Å². The second-order valence-corrected chi connectivity index (χ2v) is 3.03. The highest BCUT2D eigenvalue weighted by Gasteiger charge is 2.09. The van der Waals surface area contributed by atoms with Crippen molar-refractivity contribution in [2.24, 2.45) is 0 Å². The minimum Gasteiger partial charge on any atom is -0.457 e. The van der Waals surface area contributed by atoms with Crippen molar-refractivity contribution in [3.05, 3.63) is 6.20 Å². The molecular formula is C8H12F2N4O. The molecule has 0 radical (unpaired) electrons. The van der Waals surface area contributed by atoms with Gasteiger partial charge in [-0.3, -0.25) is 0 Å². The normalized spacial score (nSPS) is 10.5. The van der Waals surface area contributed by atoms with Gasteiger partial charge in [0.1, 0.15) is 0 Å². The number of nitrogens with two attached hydrogens (primary N) is 1. The number of aromatic nitrogens is 2. The van der Waals surface area contributed by atoms with E-state index in [1.807, 2.05) is 0 Å². The zero-order valence-electron chi connectivity index (χ0n) is 8.44. The minimum atomic E-state index is -2.55. The lowest BCUT2D eigenvalue weighted by atomic mass is 10.4. The summed E-state index contributed by atoms with van der Waals surface area (Å²) < 4.78 is 28.3. The molecule has 0 saturated carbocycles. The molecule has 0 amide bonds. The van der Waals surface area contributed by atoms with Gasteiger partial charge < -0.3 is 15.4 Å². The molecule has 1 aromatic heterocycles. The Morgan fingerprint density at radius 3 is 2.73 bits per heavy atom. The summed E-state index contributed by atoms with van der Waals surface area (Å²) >= 11 is 0. The fraction of sp³-hybridized carbons (Fsp3) is 0.500. The van der Waals surface area contributed by atoms with E-state index >= 15 is 0 Å². The van der Waals surface area contributed by atoms with Gasteiger partial charge in [-0.25, -0.2) is 13.8 Å². The van der Waals surface area contributed by atoms with Gasteiger partial charge in [-0.1, -0.05) is 0 Å². The summed E-state index contributed by atoms with van der Waals surface area (Å²) in [6.45, 7) is -0.725. The third-order valence-electron chi connectivity index (χ3n) is 1.54. The summed E-state index contributed by atoms with van der Waals surface area (Å²) in [5.74, 6) is 0.439. The summed E-state index contributed by atoms with van der Waals surface area (Å²) in [7, 11) is 3.46. The first-order valence-corrected chi connectivity index (χ1v) is 4.21. The van der Waals surface area contributed by atoms with Crippen LogP contribution >= 0.6 is 0 Å². The van der Waals surface area contributed by atoms with Gasteiger partial charge in [0.2, 0.25) is 0 Å². The fourth-order valence-electron chi connectivity index (χ4n) is 0.932. The van der Waals surface area contributed by atoms with Crippen molar-refractivity contribution in [1.82, 2.24) is 9.97 Å². The van der Waals surface area contributed by atoms with Crippen LogP contribution in [0.5, 0.6) is 6.01 Å². The minimum absolute atomic E-state index is 0.104. The van der Waals surface area contributed by atoms with Crippen molar-refractivity contribution in [2.45, 2.75) is 6.43 Å². The SMILES string of the molecule is CN(C)c1nc(OCC(F)F)ncc1N. The number of hydrogen-bond acceptors (Lipinski definition) is 5. The molecule has 0 bridgehead atoms. The van der Waals surface area contributed by atoms with Crippen LogP contribution in [0.3, 0.4) is 0 Å². The second-order valence-electron chi connectivity index (χ2n) is 3.03. The van der Waals surface area contributed by atoms with Crippen LogP contribution in [0.25, 0.3) is 0 Å². The molecule has 0 aromatic carbocycles. The zero-order chi connectivity index (χ0) is 11.4. The van der Waals surface area contributed by atoms with E-state index in [4.69, 9.17) is 5.73 Å². The molecule has 15 heavy (non-hydrogen) atoms. The van der Waals surface area contributed by atoms with E-state index in [1.54, 1.807) is 19.0 Å². The largest absolute Gasteiger partial charge is 0.457 e. The van der Waals surface area contributed by atoms with E-state index in [-0.39, 0.29) is 6.01 Å². The van der Waals surface area contributed by atoms with Crippen LogP contribution in [-0.2, 0) is 0 Å². The Morgan fingerprint density at radius 1 is 1.53 bits per heavy atom. The molecule has 7 heteroatoms. The van der Waals surface area contributed by atoms with Gasteiger partial charge in [0.15, 0.2) is 12.4 Å². The van der Waals surface area contributed by atoms with Crippen LogP contribution in [0.2, 0.25) is 0 Å². The highest BCUT2D eigenvalue weighted by molar-refractivity contribution is 5.60. The number of alkyl halides is 2. The van der Waals surface area contributed by atoms with Gasteiger partial charge in [-0.2, -0.15) is 4.98 Å². The molecule has 0 unspecified atom stereocenters. The van der Waals surface area contributed by atoms with E-state index in [0.717, 1.165) is 0 Å². The molecule has 2 N–H and O–H groups in total. The summed E-state index contributed by atoms with van der Waals surface area (Å²) in [5.41, 5.74) is 5.94. The Hall–Kier alpha value is -1.66. The average molecular weight is 218 g/mol. The maximum Gasteiger partial charge on any atom is 0.318 e. The first-order chi connectivity index (χ1) is 7.00. The van der Waals surface area contributed by atoms with Crippen LogP contribution < -0.4 is 15.4 Å². The highest BCUT2D eigenvalue weighted by atomic mass is 19.3. The number of rotatable bonds is 4. The third kappa shape index (κ3) is 3.19. The lowest BCUT2D eigenvalue weighted by Crippen LogP contribution is -2.15. The summed E-state index contributed by atoms with van der Waals surface area (Å²) in [5, 5.41) is 0. The topological polar surface area (TPSA) is 64.3 Å². The van der Waals surface area contributed by atoms with Crippen LogP contribution in [0.4, 0.5) is 20.3 Å². The van der Waals surface area contributed by atoms with Crippen molar-refractivity contribution in [3.8, 4) is 6.01 Å². The molecule has 1 rings (SSSR count). The molecule has 1 aromatic rings. The molecule has 1 heterocycles. The summed E-state index contributed by atoms with van der Waals surface area (Å²) in [6.07, 6.45) is -1.22. The Morgan fingerprint density at radius 2 is 2.20 bits per heavy atom. The Bertz CT molecular complexity index is 332. The Balaban J connectivity index is 2.78. The Kier molecular flexibility index (Phi) is 3.59. The predicted molar refractivity (Wildman–Crippen MR) is 52.3 cm³/mol. The zero-order valence-corrected chi connectivity index (χ0v) is 8.44. The van der Waals surface area contributed by atoms with Crippen LogP contribution in [-0.4, -0.2) is 37.1 Å². The van der Waals surface area contributed by atoms with E-state index in [0.29, 0.717) is 11.5 Å². The van der Waals surface area contributed by atoms with Crippen molar-refractivity contribution in [3.63, 3.8) is 0 Å². The molecular weight excluding hydrogens is 206 g/mol. The molecule has 0 aliphatic heterocycles. The summed E-state index contributed by atoms with van der Waals surface area (Å²) in [4.78, 5) is 9.20. The lowest BCUT2D eigenvalue weighted by molar-refractivity contribution is 0.0771. The van der Waals surface area contributed by atoms with Gasteiger partial charge in [0.25, 0.3) is 6.43 Å². The van der Waals surface area contributed by atoms with Gasteiger partial charge in [0.05, 0.1) is 11.9 Å². The molecule has 84 valence electrons. The van der Waals surface area contributed by atoms with Crippen molar-refractivity contribution in [1.29, 1.82) is 0 Å². The van der Waals surface area contributed by atoms with Gasteiger partial charge in [-0.15, -0.1) is 0 Å². The van der Waals surface area contributed by atoms with Gasteiger partial charge in [-0.05, 0) is 0 Å². The average Bonchev–Trinajstić information content (AvgIpc) is 2.16. The van der Waals surface area contributed by atoms with E-state index < -0.39 is 13.0 Å². The Labute approximate surface area is 85.9 Å². The van der Waals surface area contributed by atoms with Crippen LogP contribution in [0.1, 0.15) is 0 Å². The number of hydrogen-bond donors (Lipinski definition) is 1. The molecule has 0 atom stereocenters. The first-order valence-electron chi connectivity index (χ1n) is 4.21. The van der Waals surface area contributed by atoms with Gasteiger partial charge >= 0.3 is 6.01 Å². The van der Waals surface area contributed by atoms with E-state index in [2.05, 4.69) is 14.7 Å². The number of nitrogen functional groups attached to an aromatic ring is 1. The van der Waals surface area contributed by atoms with Crippen LogP contribution in [0.15, 0.2) is 6.20 Å². The lowest BCUT2D eigenvalue weighted by Gasteiger charge is -2.14. The number of halogens is 2. The quantitative estimate of drug-likeness (QED) is 0.808. The standard InChI is InChI=1S/C8H12F2N4O/c1-14(2)7-5(11)3-12-8(13-7)15-4-6(9)10/h3,6H,4,11H2,1-2H3. The maximum atomic E-state index is 11.8. The predicted octanol–water partition coefficient (Wildman–Crippen LogP) is 0.769. The van der Waals surface area contributed by atoms with Crippen molar-refractivity contribution < 1.29 is 13.5 Å². The fourth-order valence-corrected chi connectivity index (χ4v) is 0.932. The molecule has 0 aliphatic carbocycles. The molecule has 5 nitrogen and oxygen atoms in total. The van der Waals surface area contributed by atoms with Crippen LogP contribution in [0, 0.1) is 0 Å². The molecule has 0 fully saturated rings. The molecule has 0 spiro atoms. The van der Waals surface area contributed by atoms with Gasteiger partial charge in [0, 0.05) is 14.1 Å². The van der Waals surface area contributed by atoms with E-state index in [1.165, 1.54) is 6.20 Å². The number of ether oxygens (including phenoxy) is 1. The van der Waals surface area contributed by atoms with Crippen molar-refractivity contribution >= 4 is 11.5 Å². The first kappa shape index (κ1) is 11.4. The molecule has 0 aliphatic rings. The highest BCUT2D eigenvalue weighted by Crippen LogP contribution is 2.19.